The highest BCUT2D eigenvalue weighted by molar-refractivity contribution is 9.10. The third kappa shape index (κ3) is 2.84. The fraction of sp³-hybridized carbons (Fsp3) is 0.190. The van der Waals surface area contributed by atoms with Crippen LogP contribution in [0.5, 0.6) is 0 Å². The molecule has 2 aromatic rings. The lowest BCUT2D eigenvalue weighted by atomic mass is 9.81. The molecule has 0 radical (unpaired) electrons. The van der Waals surface area contributed by atoms with Gasteiger partial charge in [0.2, 0.25) is 0 Å². The van der Waals surface area contributed by atoms with E-state index in [0.29, 0.717) is 6.42 Å². The van der Waals surface area contributed by atoms with Gasteiger partial charge >= 0.3 is 0 Å². The first-order valence-corrected chi connectivity index (χ1v) is 8.98. The summed E-state index contributed by atoms with van der Waals surface area (Å²) in [6.07, 6.45) is 4.40. The lowest BCUT2D eigenvalue weighted by Gasteiger charge is -2.30. The highest BCUT2D eigenvalue weighted by atomic mass is 79.9. The van der Waals surface area contributed by atoms with Gasteiger partial charge in [0.1, 0.15) is 11.5 Å². The van der Waals surface area contributed by atoms with Gasteiger partial charge in [0.25, 0.3) is 0 Å². The van der Waals surface area contributed by atoms with Gasteiger partial charge in [-0.3, -0.25) is 4.79 Å². The molecule has 4 rings (SSSR count). The molecule has 0 amide bonds. The van der Waals surface area contributed by atoms with E-state index >= 15 is 0 Å². The summed E-state index contributed by atoms with van der Waals surface area (Å²) >= 11 is 3.48. The maximum atomic E-state index is 12.5. The summed E-state index contributed by atoms with van der Waals surface area (Å²) < 4.78 is 7.17. The fourth-order valence-electron chi connectivity index (χ4n) is 3.38. The Labute approximate surface area is 150 Å². The summed E-state index contributed by atoms with van der Waals surface area (Å²) in [6.45, 7) is 0. The Morgan fingerprint density at radius 3 is 2.46 bits per heavy atom. The molecule has 1 atom stereocenters. The largest absolute Gasteiger partial charge is 0.461 e. The average molecular weight is 381 g/mol. The van der Waals surface area contributed by atoms with Crippen molar-refractivity contribution in [3.05, 3.63) is 87.6 Å². The van der Waals surface area contributed by atoms with E-state index in [1.54, 1.807) is 0 Å². The smallest absolute Gasteiger partial charge is 0.163 e. The highest BCUT2D eigenvalue weighted by Gasteiger charge is 2.33. The van der Waals surface area contributed by atoms with Crippen molar-refractivity contribution in [1.82, 2.24) is 0 Å². The van der Waals surface area contributed by atoms with Crippen LogP contribution in [0.3, 0.4) is 0 Å². The number of carbonyl (C=O) groups is 1. The number of halogens is 1. The van der Waals surface area contributed by atoms with E-state index in [-0.39, 0.29) is 11.7 Å². The second kappa shape index (κ2) is 6.40. The van der Waals surface area contributed by atoms with Gasteiger partial charge in [0, 0.05) is 34.4 Å². The van der Waals surface area contributed by atoms with Gasteiger partial charge < -0.3 is 4.74 Å². The number of carbonyl (C=O) groups excluding carboxylic acids is 1. The van der Waals surface area contributed by atoms with Crippen LogP contribution in [0.2, 0.25) is 0 Å². The topological polar surface area (TPSA) is 26.3 Å². The van der Waals surface area contributed by atoms with Gasteiger partial charge in [0.15, 0.2) is 5.78 Å². The van der Waals surface area contributed by atoms with Gasteiger partial charge in [-0.05, 0) is 30.2 Å². The zero-order valence-corrected chi connectivity index (χ0v) is 14.8. The number of ketones is 1. The van der Waals surface area contributed by atoms with Crippen molar-refractivity contribution in [2.45, 2.75) is 25.2 Å². The summed E-state index contributed by atoms with van der Waals surface area (Å²) in [5.41, 5.74) is 3.00. The molecular weight excluding hydrogens is 364 g/mol. The summed E-state index contributed by atoms with van der Waals surface area (Å²) in [5.74, 6) is 1.87. The number of allylic oxidation sites excluding steroid dienone is 3. The van der Waals surface area contributed by atoms with Gasteiger partial charge in [-0.1, -0.05) is 58.4 Å². The highest BCUT2D eigenvalue weighted by Crippen LogP contribution is 2.42. The Balaban J connectivity index is 1.82. The molecule has 0 spiro atoms. The zero-order chi connectivity index (χ0) is 16.5. The SMILES string of the molecule is O=C1CCCC2=C1C(c1ccc(Br)cc1)C=C(c1ccccc1)O2. The van der Waals surface area contributed by atoms with Gasteiger partial charge in [0.05, 0.1) is 0 Å². The predicted octanol–water partition coefficient (Wildman–Crippen LogP) is 5.61. The molecule has 24 heavy (non-hydrogen) atoms. The summed E-state index contributed by atoms with van der Waals surface area (Å²) in [5, 5.41) is 0. The minimum absolute atomic E-state index is 0.0372. The molecule has 2 aliphatic rings. The van der Waals surface area contributed by atoms with Crippen LogP contribution in [0.1, 0.15) is 36.3 Å². The van der Waals surface area contributed by atoms with E-state index < -0.39 is 0 Å². The quantitative estimate of drug-likeness (QED) is 0.676. The maximum absolute atomic E-state index is 12.5. The molecule has 2 aromatic carbocycles. The van der Waals surface area contributed by atoms with Crippen molar-refractivity contribution in [2.75, 3.05) is 0 Å². The third-order valence-corrected chi connectivity index (χ3v) is 5.09. The number of hydrogen-bond acceptors (Lipinski definition) is 2. The van der Waals surface area contributed by atoms with Crippen molar-refractivity contribution >= 4 is 27.5 Å². The van der Waals surface area contributed by atoms with Crippen molar-refractivity contribution in [3.8, 4) is 0 Å². The molecule has 1 aliphatic carbocycles. The van der Waals surface area contributed by atoms with Crippen LogP contribution in [-0.2, 0) is 9.53 Å². The molecule has 2 nitrogen and oxygen atoms in total. The van der Waals surface area contributed by atoms with Crippen LogP contribution >= 0.6 is 15.9 Å². The Bertz CT molecular complexity index is 832. The van der Waals surface area contributed by atoms with Gasteiger partial charge in [-0.2, -0.15) is 0 Å². The van der Waals surface area contributed by atoms with Crippen molar-refractivity contribution < 1.29 is 9.53 Å². The lowest BCUT2D eigenvalue weighted by Crippen LogP contribution is -2.21. The van der Waals surface area contributed by atoms with Gasteiger partial charge in [-0.25, -0.2) is 0 Å². The lowest BCUT2D eigenvalue weighted by molar-refractivity contribution is -0.116. The van der Waals surface area contributed by atoms with Crippen molar-refractivity contribution in [2.24, 2.45) is 0 Å². The van der Waals surface area contributed by atoms with E-state index in [4.69, 9.17) is 4.74 Å². The summed E-state index contributed by atoms with van der Waals surface area (Å²) in [7, 11) is 0. The number of hydrogen-bond donors (Lipinski definition) is 0. The van der Waals surface area contributed by atoms with E-state index in [0.717, 1.165) is 45.5 Å². The number of benzene rings is 2. The zero-order valence-electron chi connectivity index (χ0n) is 13.2. The van der Waals surface area contributed by atoms with E-state index in [1.165, 1.54) is 0 Å². The molecule has 0 aromatic heterocycles. The Hall–Kier alpha value is -2.13. The normalized spacial score (nSPS) is 20.3. The Morgan fingerprint density at radius 1 is 0.958 bits per heavy atom. The first kappa shape index (κ1) is 15.4. The van der Waals surface area contributed by atoms with Gasteiger partial charge in [-0.15, -0.1) is 0 Å². The van der Waals surface area contributed by atoms with Crippen molar-refractivity contribution in [1.29, 1.82) is 0 Å². The average Bonchev–Trinajstić information content (AvgIpc) is 2.62. The predicted molar refractivity (Wildman–Crippen MR) is 98.3 cm³/mol. The fourth-order valence-corrected chi connectivity index (χ4v) is 3.64. The summed E-state index contributed by atoms with van der Waals surface area (Å²) in [6, 6.07) is 18.3. The molecule has 0 fully saturated rings. The standard InChI is InChI=1S/C21H17BrO2/c22-16-11-9-14(10-12-16)17-13-20(15-5-2-1-3-6-15)24-19-8-4-7-18(23)21(17)19/h1-3,5-6,9-13,17H,4,7-8H2. The first-order chi connectivity index (χ1) is 11.7. The van der Waals surface area contributed by atoms with Crippen LogP contribution in [0, 0.1) is 0 Å². The molecule has 0 bridgehead atoms. The first-order valence-electron chi connectivity index (χ1n) is 8.19. The molecule has 1 aliphatic heterocycles. The van der Waals surface area contributed by atoms with Crippen LogP contribution < -0.4 is 0 Å². The molecule has 0 saturated carbocycles. The molecule has 1 unspecified atom stereocenters. The molecule has 0 N–H and O–H groups in total. The van der Waals surface area contributed by atoms with E-state index in [2.05, 4.69) is 34.1 Å². The van der Waals surface area contributed by atoms with Crippen LogP contribution in [0.4, 0.5) is 0 Å². The Kier molecular flexibility index (Phi) is 4.11. The van der Waals surface area contributed by atoms with Crippen LogP contribution in [-0.4, -0.2) is 5.78 Å². The Morgan fingerprint density at radius 2 is 1.71 bits per heavy atom. The molecular formula is C21H17BrO2. The monoisotopic (exact) mass is 380 g/mol. The second-order valence-corrected chi connectivity index (χ2v) is 7.06. The summed E-state index contributed by atoms with van der Waals surface area (Å²) in [4.78, 5) is 12.5. The molecule has 1 heterocycles. The molecule has 3 heteroatoms. The maximum Gasteiger partial charge on any atom is 0.163 e. The number of ether oxygens (including phenoxy) is 1. The second-order valence-electron chi connectivity index (χ2n) is 6.14. The minimum atomic E-state index is -0.0372. The van der Waals surface area contributed by atoms with E-state index in [9.17, 15) is 4.79 Å². The number of Topliss-reactive ketones (excluding diaryl/α,β-unsaturated/α-hetero) is 1. The molecule has 0 saturated heterocycles. The number of rotatable bonds is 2. The van der Waals surface area contributed by atoms with E-state index in [1.807, 2.05) is 42.5 Å². The minimum Gasteiger partial charge on any atom is -0.461 e. The third-order valence-electron chi connectivity index (χ3n) is 4.56. The molecule has 120 valence electrons. The van der Waals surface area contributed by atoms with Crippen LogP contribution in [0.15, 0.2) is 76.5 Å². The van der Waals surface area contributed by atoms with Crippen LogP contribution in [0.25, 0.3) is 5.76 Å². The van der Waals surface area contributed by atoms with Crippen molar-refractivity contribution in [3.63, 3.8) is 0 Å².